The first-order valence-corrected chi connectivity index (χ1v) is 2.35. The summed E-state index contributed by atoms with van der Waals surface area (Å²) in [5.74, 6) is 0. The maximum Gasteiger partial charge on any atom is 2.00 e. The molecule has 0 radical (unpaired) electrons. The van der Waals surface area contributed by atoms with E-state index in [1.165, 1.54) is 0 Å². The summed E-state index contributed by atoms with van der Waals surface area (Å²) >= 11 is 0. The number of hydrogen-bond acceptors (Lipinski definition) is 1. The van der Waals surface area contributed by atoms with E-state index in [1.54, 1.807) is 0 Å². The summed E-state index contributed by atoms with van der Waals surface area (Å²) in [6.07, 6.45) is 0. The average Bonchev–Trinajstić information content (AvgIpc) is 0.722. The minimum Gasteiger partial charge on any atom is -1.00 e. The van der Waals surface area contributed by atoms with Gasteiger partial charge in [0.2, 0.25) is 0 Å². The molecule has 7 heteroatoms. The van der Waals surface area contributed by atoms with Gasteiger partial charge in [0.15, 0.2) is 0 Å². The van der Waals surface area contributed by atoms with Crippen LogP contribution in [0.2, 0.25) is 0 Å². The average molecular weight is 235 g/mol. The van der Waals surface area contributed by atoms with E-state index in [4.69, 9.17) is 19.2 Å². The Morgan fingerprint density at radius 2 is 1.29 bits per heavy atom. The van der Waals surface area contributed by atoms with Crippen LogP contribution < -0.4 is 0 Å². The fraction of sp³-hybridized carbons (Fsp3) is 0. The van der Waals surface area contributed by atoms with Crippen molar-refractivity contribution in [1.29, 1.82) is 0 Å². The van der Waals surface area contributed by atoms with Gasteiger partial charge in [0.1, 0.15) is 0 Å². The summed E-state index contributed by atoms with van der Waals surface area (Å²) in [4.78, 5) is 21.6. The van der Waals surface area contributed by atoms with Gasteiger partial charge in [-0.2, -0.15) is 0 Å². The van der Waals surface area contributed by atoms with Gasteiger partial charge in [-0.3, -0.25) is 0 Å². The summed E-state index contributed by atoms with van der Waals surface area (Å²) < 4.78 is 8.88. The Morgan fingerprint density at radius 1 is 1.29 bits per heavy atom. The minimum absolute atomic E-state index is 0. The van der Waals surface area contributed by atoms with Gasteiger partial charge in [0.05, 0.1) is 0 Å². The smallest absolute Gasteiger partial charge is 1.00 e. The van der Waals surface area contributed by atoms with E-state index < -0.39 is 7.82 Å². The number of rotatable bonds is 0. The topological polar surface area (TPSA) is 77.8 Å². The summed E-state index contributed by atoms with van der Waals surface area (Å²) in [6.45, 7) is 0. The molecule has 0 aromatic heterocycles. The van der Waals surface area contributed by atoms with E-state index in [1.807, 2.05) is 0 Å². The molecule has 0 unspecified atom stereocenters. The standard InChI is InChI=1S/H3O4P.Sr.Ti.2H/c1-5(2,3)4;;;;/h(H3,1,2,3,4);;;;/q;+2;;2*-1. The fourth-order valence-corrected chi connectivity index (χ4v) is 0. The monoisotopic (exact) mass is 236 g/mol. The molecular formula is H5O4PSrTi. The third-order valence-electron chi connectivity index (χ3n) is 0. The Morgan fingerprint density at radius 3 is 1.29 bits per heavy atom. The molecule has 0 aromatic carbocycles. The summed E-state index contributed by atoms with van der Waals surface area (Å²) in [5.41, 5.74) is 0. The van der Waals surface area contributed by atoms with Crippen LogP contribution >= 0.6 is 7.82 Å². The summed E-state index contributed by atoms with van der Waals surface area (Å²) in [6, 6.07) is 0. The van der Waals surface area contributed by atoms with Gasteiger partial charge in [-0.25, -0.2) is 4.57 Å². The van der Waals surface area contributed by atoms with Crippen LogP contribution in [0.5, 0.6) is 0 Å². The molecule has 7 heavy (non-hydrogen) atoms. The zero-order chi connectivity index (χ0) is 4.50. The van der Waals surface area contributed by atoms with Crippen LogP contribution in [-0.4, -0.2) is 60.2 Å². The van der Waals surface area contributed by atoms with E-state index in [-0.39, 0.29) is 70.1 Å². The van der Waals surface area contributed by atoms with Crippen molar-refractivity contribution >= 4 is 53.3 Å². The van der Waals surface area contributed by atoms with Gasteiger partial charge >= 0.3 is 53.3 Å². The van der Waals surface area contributed by atoms with Crippen LogP contribution in [0.1, 0.15) is 2.85 Å². The predicted molar refractivity (Wildman–Crippen MR) is 22.2 cm³/mol. The molecule has 4 nitrogen and oxygen atoms in total. The molecule has 0 amide bonds. The van der Waals surface area contributed by atoms with Crippen molar-refractivity contribution in [2.24, 2.45) is 0 Å². The van der Waals surface area contributed by atoms with Gasteiger partial charge in [-0.05, 0) is 0 Å². The van der Waals surface area contributed by atoms with E-state index in [2.05, 4.69) is 0 Å². The molecule has 0 fully saturated rings. The Labute approximate surface area is 95.7 Å². The quantitative estimate of drug-likeness (QED) is 0.368. The van der Waals surface area contributed by atoms with Crippen molar-refractivity contribution in [3.63, 3.8) is 0 Å². The molecule has 0 rings (SSSR count). The molecule has 0 heterocycles. The maximum atomic E-state index is 8.88. The van der Waals surface area contributed by atoms with Crippen molar-refractivity contribution in [3.05, 3.63) is 0 Å². The molecule has 3 N–H and O–H groups in total. The number of phosphoric acid groups is 1. The summed E-state index contributed by atoms with van der Waals surface area (Å²) in [5, 5.41) is 0. The van der Waals surface area contributed by atoms with E-state index in [9.17, 15) is 0 Å². The minimum atomic E-state index is -4.64. The number of hydrogen-bond donors (Lipinski definition) is 3. The normalized spacial score (nSPS) is 8.43. The Kier molecular flexibility index (Phi) is 14.8. The molecule has 40 valence electrons. The Bertz CT molecular complexity index is 64.7. The molecule has 0 aliphatic rings. The predicted octanol–water partition coefficient (Wildman–Crippen LogP) is -1.09. The van der Waals surface area contributed by atoms with Gasteiger partial charge in [-0.1, -0.05) is 0 Å². The van der Waals surface area contributed by atoms with E-state index >= 15 is 0 Å². The van der Waals surface area contributed by atoms with Crippen LogP contribution in [0.4, 0.5) is 0 Å². The molecule has 0 bridgehead atoms. The molecule has 0 saturated heterocycles. The molecule has 0 atom stereocenters. The van der Waals surface area contributed by atoms with Gasteiger partial charge < -0.3 is 17.5 Å². The van der Waals surface area contributed by atoms with Crippen molar-refractivity contribution in [2.75, 3.05) is 0 Å². The van der Waals surface area contributed by atoms with E-state index in [0.29, 0.717) is 0 Å². The third-order valence-corrected chi connectivity index (χ3v) is 0. The second-order valence-electron chi connectivity index (χ2n) is 0.513. The fourth-order valence-electron chi connectivity index (χ4n) is 0. The van der Waals surface area contributed by atoms with Gasteiger partial charge in [-0.15, -0.1) is 0 Å². The molecular weight excluding hydrogens is 230 g/mol. The van der Waals surface area contributed by atoms with Crippen molar-refractivity contribution < 1.29 is 43.8 Å². The first-order valence-electron chi connectivity index (χ1n) is 0.783. The first-order chi connectivity index (χ1) is 2.00. The van der Waals surface area contributed by atoms with Gasteiger partial charge in [0, 0.05) is 21.7 Å². The van der Waals surface area contributed by atoms with Crippen LogP contribution in [-0.2, 0) is 26.3 Å². The van der Waals surface area contributed by atoms with Crippen LogP contribution in [0.15, 0.2) is 0 Å². The Balaban J connectivity index is -0.0000000133. The largest absolute Gasteiger partial charge is 2.00 e. The molecule has 0 aliphatic carbocycles. The third kappa shape index (κ3) is 62.1. The molecule has 0 saturated carbocycles. The molecule has 0 aliphatic heterocycles. The van der Waals surface area contributed by atoms with Crippen molar-refractivity contribution in [3.8, 4) is 0 Å². The molecule has 0 aromatic rings. The summed E-state index contributed by atoms with van der Waals surface area (Å²) in [7, 11) is -4.64. The van der Waals surface area contributed by atoms with Gasteiger partial charge in [0.25, 0.3) is 0 Å². The zero-order valence-corrected chi connectivity index (χ0v) is 9.34. The van der Waals surface area contributed by atoms with Crippen molar-refractivity contribution in [2.45, 2.75) is 0 Å². The van der Waals surface area contributed by atoms with Crippen LogP contribution in [0, 0.1) is 0 Å². The molecule has 0 spiro atoms. The Hall–Kier alpha value is 2.30. The first kappa shape index (κ1) is 16.1. The van der Waals surface area contributed by atoms with E-state index in [0.717, 1.165) is 0 Å². The van der Waals surface area contributed by atoms with Crippen molar-refractivity contribution in [1.82, 2.24) is 0 Å². The zero-order valence-electron chi connectivity index (χ0n) is 5.40. The second kappa shape index (κ2) is 6.43. The second-order valence-corrected chi connectivity index (χ2v) is 1.54. The van der Waals surface area contributed by atoms with Crippen LogP contribution in [0.25, 0.3) is 0 Å². The maximum absolute atomic E-state index is 8.88. The SMILES string of the molecule is O=P(O)(O)O.[H-].[H-].[Sr+2].[Ti]. The van der Waals surface area contributed by atoms with Crippen LogP contribution in [0.3, 0.4) is 0 Å².